The lowest BCUT2D eigenvalue weighted by Gasteiger charge is -2.20. The van der Waals surface area contributed by atoms with Crippen LogP contribution in [0.3, 0.4) is 0 Å². The van der Waals surface area contributed by atoms with Gasteiger partial charge in [-0.1, -0.05) is 0 Å². The van der Waals surface area contributed by atoms with Crippen molar-refractivity contribution in [3.63, 3.8) is 0 Å². The normalized spacial score (nSPS) is 21.8. The molecule has 2 nitrogen and oxygen atoms in total. The molecule has 1 N–H and O–H groups in total. The average Bonchev–Trinajstić information content (AvgIpc) is 2.53. The van der Waals surface area contributed by atoms with E-state index in [1.807, 2.05) is 4.90 Å². The highest BCUT2D eigenvalue weighted by molar-refractivity contribution is 5.26. The van der Waals surface area contributed by atoms with E-state index in [4.69, 9.17) is 0 Å². The molecule has 1 aromatic carbocycles. The van der Waals surface area contributed by atoms with Crippen LogP contribution in [-0.4, -0.2) is 29.2 Å². The number of hydrogen-bond donors (Lipinski definition) is 1. The highest BCUT2D eigenvalue weighted by Gasteiger charge is 2.31. The largest absolute Gasteiger partial charge is 0.416 e. The van der Waals surface area contributed by atoms with Gasteiger partial charge in [-0.15, -0.1) is 0 Å². The second-order valence-electron chi connectivity index (χ2n) is 5.21. The van der Waals surface area contributed by atoms with Gasteiger partial charge >= 0.3 is 6.18 Å². The summed E-state index contributed by atoms with van der Waals surface area (Å²) in [6.45, 7) is 1.58. The van der Waals surface area contributed by atoms with E-state index in [9.17, 15) is 22.7 Å². The highest BCUT2D eigenvalue weighted by Crippen LogP contribution is 2.30. The lowest BCUT2D eigenvalue weighted by Crippen LogP contribution is -2.25. The van der Waals surface area contributed by atoms with Crippen molar-refractivity contribution in [1.29, 1.82) is 0 Å². The summed E-state index contributed by atoms with van der Waals surface area (Å²) >= 11 is 0. The smallest absolute Gasteiger partial charge is 0.393 e. The minimum atomic E-state index is -4.54. The van der Waals surface area contributed by atoms with Crippen molar-refractivity contribution < 1.29 is 22.7 Å². The Labute approximate surface area is 115 Å². The van der Waals surface area contributed by atoms with Gasteiger partial charge in [0.2, 0.25) is 0 Å². The predicted octanol–water partition coefficient (Wildman–Crippen LogP) is 3.19. The third-order valence-electron chi connectivity index (χ3n) is 3.48. The first-order valence-corrected chi connectivity index (χ1v) is 6.61. The topological polar surface area (TPSA) is 23.5 Å². The quantitative estimate of drug-likeness (QED) is 0.846. The number of rotatable bonds is 2. The highest BCUT2D eigenvalue weighted by atomic mass is 19.4. The summed E-state index contributed by atoms with van der Waals surface area (Å²) in [4.78, 5) is 1.95. The zero-order valence-corrected chi connectivity index (χ0v) is 11.0. The number of halogens is 4. The SMILES string of the molecule is O[C@@H]1CCCN(Cc2cc(F)cc(C(F)(F)F)c2)CC1. The molecule has 6 heteroatoms. The number of aliphatic hydroxyl groups is 1. The molecule has 112 valence electrons. The Hall–Kier alpha value is -1.14. The first-order chi connectivity index (χ1) is 9.34. The van der Waals surface area contributed by atoms with Crippen molar-refractivity contribution in [1.82, 2.24) is 4.90 Å². The first kappa shape index (κ1) is 15.3. The van der Waals surface area contributed by atoms with Crippen molar-refractivity contribution in [3.05, 3.63) is 35.1 Å². The van der Waals surface area contributed by atoms with E-state index in [2.05, 4.69) is 0 Å². The molecule has 1 aliphatic heterocycles. The maximum atomic E-state index is 13.3. The molecule has 0 bridgehead atoms. The summed E-state index contributed by atoms with van der Waals surface area (Å²) in [6.07, 6.45) is -2.79. The predicted molar refractivity (Wildman–Crippen MR) is 66.5 cm³/mol. The van der Waals surface area contributed by atoms with Crippen LogP contribution in [0.15, 0.2) is 18.2 Å². The Kier molecular flexibility index (Phi) is 4.65. The molecule has 0 aliphatic carbocycles. The van der Waals surface area contributed by atoms with E-state index in [0.717, 1.165) is 18.6 Å². The molecule has 0 radical (unpaired) electrons. The Morgan fingerprint density at radius 3 is 2.60 bits per heavy atom. The standard InChI is InChI=1S/C14H17F4NO/c15-12-7-10(6-11(8-12)14(16,17)18)9-19-4-1-2-13(20)3-5-19/h6-8,13,20H,1-5,9H2/t13-/m1/s1. The van der Waals surface area contributed by atoms with E-state index in [-0.39, 0.29) is 12.6 Å². The molecule has 0 aromatic heterocycles. The number of hydrogen-bond acceptors (Lipinski definition) is 2. The third kappa shape index (κ3) is 4.18. The van der Waals surface area contributed by atoms with Crippen LogP contribution in [0.1, 0.15) is 30.4 Å². The molecule has 1 aromatic rings. The van der Waals surface area contributed by atoms with Crippen molar-refractivity contribution in [2.45, 2.75) is 38.1 Å². The molecule has 1 heterocycles. The molecule has 1 saturated heterocycles. The summed E-state index contributed by atoms with van der Waals surface area (Å²) in [7, 11) is 0. The molecule has 0 amide bonds. The van der Waals surface area contributed by atoms with Gasteiger partial charge in [0, 0.05) is 13.1 Å². The fraction of sp³-hybridized carbons (Fsp3) is 0.571. The summed E-state index contributed by atoms with van der Waals surface area (Å²) < 4.78 is 51.2. The van der Waals surface area contributed by atoms with Gasteiger partial charge in [-0.05, 0) is 49.6 Å². The van der Waals surface area contributed by atoms with Crippen LogP contribution in [0.2, 0.25) is 0 Å². The molecule has 0 saturated carbocycles. The fourth-order valence-electron chi connectivity index (χ4n) is 2.46. The molecule has 2 rings (SSSR count). The summed E-state index contributed by atoms with van der Waals surface area (Å²) in [5.41, 5.74) is -0.643. The van der Waals surface area contributed by atoms with E-state index < -0.39 is 17.6 Å². The van der Waals surface area contributed by atoms with Gasteiger partial charge in [-0.2, -0.15) is 13.2 Å². The number of benzene rings is 1. The number of nitrogens with zero attached hydrogens (tertiary/aromatic N) is 1. The molecule has 20 heavy (non-hydrogen) atoms. The molecular weight excluding hydrogens is 274 g/mol. The maximum Gasteiger partial charge on any atom is 0.416 e. The van der Waals surface area contributed by atoms with Gasteiger partial charge in [-0.3, -0.25) is 4.90 Å². The number of aliphatic hydroxyl groups excluding tert-OH is 1. The lowest BCUT2D eigenvalue weighted by molar-refractivity contribution is -0.137. The zero-order chi connectivity index (χ0) is 14.8. The fourth-order valence-corrected chi connectivity index (χ4v) is 2.46. The van der Waals surface area contributed by atoms with Gasteiger partial charge in [0.15, 0.2) is 0 Å². The van der Waals surface area contributed by atoms with E-state index in [0.29, 0.717) is 37.6 Å². The summed E-state index contributed by atoms with van der Waals surface area (Å²) in [5.74, 6) is -0.871. The third-order valence-corrected chi connectivity index (χ3v) is 3.48. The second-order valence-corrected chi connectivity index (χ2v) is 5.21. The van der Waals surface area contributed by atoms with E-state index in [1.165, 1.54) is 0 Å². The van der Waals surface area contributed by atoms with Gasteiger partial charge in [0.25, 0.3) is 0 Å². The zero-order valence-electron chi connectivity index (χ0n) is 11.0. The lowest BCUT2D eigenvalue weighted by atomic mass is 10.1. The van der Waals surface area contributed by atoms with Crippen molar-refractivity contribution in [2.24, 2.45) is 0 Å². The van der Waals surface area contributed by atoms with Crippen molar-refractivity contribution in [2.75, 3.05) is 13.1 Å². The second kappa shape index (κ2) is 6.10. The van der Waals surface area contributed by atoms with E-state index >= 15 is 0 Å². The molecule has 0 unspecified atom stereocenters. The van der Waals surface area contributed by atoms with Crippen LogP contribution >= 0.6 is 0 Å². The van der Waals surface area contributed by atoms with Crippen LogP contribution in [0.25, 0.3) is 0 Å². The molecule has 1 aliphatic rings. The molecular formula is C14H17F4NO. The van der Waals surface area contributed by atoms with E-state index in [1.54, 1.807) is 0 Å². The Morgan fingerprint density at radius 1 is 1.15 bits per heavy atom. The number of likely N-dealkylation sites (tertiary alicyclic amines) is 1. The average molecular weight is 291 g/mol. The van der Waals surface area contributed by atoms with Crippen LogP contribution < -0.4 is 0 Å². The first-order valence-electron chi connectivity index (χ1n) is 6.61. The molecule has 0 spiro atoms. The Balaban J connectivity index is 2.11. The van der Waals surface area contributed by atoms with Crippen molar-refractivity contribution in [3.8, 4) is 0 Å². The minimum Gasteiger partial charge on any atom is -0.393 e. The summed E-state index contributed by atoms with van der Waals surface area (Å²) in [5, 5.41) is 9.53. The Bertz CT molecular complexity index is 461. The minimum absolute atomic E-state index is 0.271. The maximum absolute atomic E-state index is 13.3. The Morgan fingerprint density at radius 2 is 1.90 bits per heavy atom. The van der Waals surface area contributed by atoms with Crippen LogP contribution in [-0.2, 0) is 12.7 Å². The van der Waals surface area contributed by atoms with Crippen molar-refractivity contribution >= 4 is 0 Å². The van der Waals surface area contributed by atoms with Crippen LogP contribution in [0.5, 0.6) is 0 Å². The van der Waals surface area contributed by atoms with Gasteiger partial charge in [-0.25, -0.2) is 4.39 Å². The molecule has 1 atom stereocenters. The van der Waals surface area contributed by atoms with Crippen LogP contribution in [0.4, 0.5) is 17.6 Å². The molecule has 1 fully saturated rings. The van der Waals surface area contributed by atoms with Gasteiger partial charge < -0.3 is 5.11 Å². The van der Waals surface area contributed by atoms with Crippen LogP contribution in [0, 0.1) is 5.82 Å². The summed E-state index contributed by atoms with van der Waals surface area (Å²) in [6, 6.07) is 2.64. The monoisotopic (exact) mass is 291 g/mol. The van der Waals surface area contributed by atoms with Gasteiger partial charge in [0.05, 0.1) is 11.7 Å². The number of alkyl halides is 3. The van der Waals surface area contributed by atoms with Gasteiger partial charge in [0.1, 0.15) is 5.82 Å².